The van der Waals surface area contributed by atoms with Crippen LogP contribution in [0.5, 0.6) is 0 Å². The van der Waals surface area contributed by atoms with Crippen molar-refractivity contribution in [2.24, 2.45) is 0 Å². The van der Waals surface area contributed by atoms with E-state index >= 15 is 0 Å². The standard InChI is InChI=1S/C24H26FN3O6/c1-15(29)7-5-6-8-19-27-18(13-32-19)28(24(2,3)4)23(31)34-22(30)20-21(33-14-26-20)16-9-11-17(25)12-10-16/h9-14H,5-8H2,1-4H3. The summed E-state index contributed by atoms with van der Waals surface area (Å²) in [7, 11) is 0. The average Bonchev–Trinajstić information content (AvgIpc) is 3.40. The van der Waals surface area contributed by atoms with Gasteiger partial charge >= 0.3 is 12.1 Å². The molecule has 3 aromatic rings. The number of esters is 1. The van der Waals surface area contributed by atoms with Crippen LogP contribution in [0.2, 0.25) is 0 Å². The fraction of sp³-hybridized carbons (Fsp3) is 0.375. The lowest BCUT2D eigenvalue weighted by atomic mass is 10.1. The number of ether oxygens (including phenoxy) is 1. The number of oxazole rings is 2. The Hall–Kier alpha value is -3.82. The molecule has 0 aliphatic rings. The third-order valence-corrected chi connectivity index (χ3v) is 4.84. The lowest BCUT2D eigenvalue weighted by molar-refractivity contribution is -0.117. The maximum Gasteiger partial charge on any atom is 0.424 e. The zero-order valence-corrected chi connectivity index (χ0v) is 19.5. The van der Waals surface area contributed by atoms with E-state index in [1.165, 1.54) is 35.4 Å². The van der Waals surface area contributed by atoms with Crippen LogP contribution in [0.25, 0.3) is 11.3 Å². The Morgan fingerprint density at radius 1 is 1.09 bits per heavy atom. The van der Waals surface area contributed by atoms with Gasteiger partial charge in [-0.1, -0.05) is 0 Å². The zero-order chi connectivity index (χ0) is 24.9. The predicted octanol–water partition coefficient (Wildman–Crippen LogP) is 5.35. The summed E-state index contributed by atoms with van der Waals surface area (Å²) >= 11 is 0. The number of anilines is 1. The van der Waals surface area contributed by atoms with E-state index in [4.69, 9.17) is 13.6 Å². The van der Waals surface area contributed by atoms with Crippen LogP contribution in [-0.2, 0) is 16.0 Å². The number of benzene rings is 1. The molecule has 0 saturated heterocycles. The lowest BCUT2D eigenvalue weighted by Crippen LogP contribution is -2.47. The molecule has 0 saturated carbocycles. The second-order valence-corrected chi connectivity index (χ2v) is 8.71. The van der Waals surface area contributed by atoms with Crippen molar-refractivity contribution in [2.45, 2.75) is 58.9 Å². The van der Waals surface area contributed by atoms with E-state index in [1.807, 2.05) is 0 Å². The fourth-order valence-corrected chi connectivity index (χ4v) is 3.25. The number of aromatic nitrogens is 2. The summed E-state index contributed by atoms with van der Waals surface area (Å²) < 4.78 is 29.1. The normalized spacial score (nSPS) is 11.3. The molecule has 3 rings (SSSR count). The number of hydrogen-bond donors (Lipinski definition) is 0. The van der Waals surface area contributed by atoms with E-state index in [0.29, 0.717) is 37.1 Å². The summed E-state index contributed by atoms with van der Waals surface area (Å²) in [6.45, 7) is 6.79. The largest absolute Gasteiger partial charge is 0.447 e. The van der Waals surface area contributed by atoms with Gasteiger partial charge in [-0.3, -0.25) is 4.90 Å². The second kappa shape index (κ2) is 10.4. The van der Waals surface area contributed by atoms with Crippen LogP contribution in [0.4, 0.5) is 15.0 Å². The smallest absolute Gasteiger partial charge is 0.424 e. The maximum absolute atomic E-state index is 13.2. The van der Waals surface area contributed by atoms with Crippen LogP contribution in [-0.4, -0.2) is 33.4 Å². The number of nitrogens with zero attached hydrogens (tertiary/aromatic N) is 3. The summed E-state index contributed by atoms with van der Waals surface area (Å²) in [5, 5.41) is 0. The lowest BCUT2D eigenvalue weighted by Gasteiger charge is -2.31. The van der Waals surface area contributed by atoms with Gasteiger partial charge in [-0.05, 0) is 64.8 Å². The molecule has 0 unspecified atom stereocenters. The number of ketones is 1. The van der Waals surface area contributed by atoms with Crippen molar-refractivity contribution in [1.82, 2.24) is 9.97 Å². The van der Waals surface area contributed by atoms with Crippen molar-refractivity contribution in [3.05, 3.63) is 54.3 Å². The Morgan fingerprint density at radius 3 is 2.44 bits per heavy atom. The number of aryl methyl sites for hydroxylation is 1. The topological polar surface area (TPSA) is 116 Å². The van der Waals surface area contributed by atoms with Gasteiger partial charge in [-0.25, -0.2) is 19.0 Å². The van der Waals surface area contributed by atoms with Crippen LogP contribution in [0.3, 0.4) is 0 Å². The Balaban J connectivity index is 1.74. The van der Waals surface area contributed by atoms with Crippen molar-refractivity contribution in [3.63, 3.8) is 0 Å². The van der Waals surface area contributed by atoms with Crippen molar-refractivity contribution in [2.75, 3.05) is 4.90 Å². The third-order valence-electron chi connectivity index (χ3n) is 4.84. The molecule has 9 nitrogen and oxygen atoms in total. The monoisotopic (exact) mass is 471 g/mol. The minimum atomic E-state index is -1.03. The molecular formula is C24H26FN3O6. The SMILES string of the molecule is CC(=O)CCCCc1nc(N(C(=O)OC(=O)c2ncoc2-c2ccc(F)cc2)C(C)(C)C)co1. The number of halogens is 1. The molecule has 1 aromatic carbocycles. The highest BCUT2D eigenvalue weighted by molar-refractivity contribution is 6.03. The molecule has 1 amide bonds. The Kier molecular flexibility index (Phi) is 7.60. The molecule has 0 bridgehead atoms. The van der Waals surface area contributed by atoms with Gasteiger partial charge in [0.2, 0.25) is 0 Å². The van der Waals surface area contributed by atoms with Crippen LogP contribution < -0.4 is 4.90 Å². The number of Topliss-reactive ketones (excluding diaryl/α,β-unsaturated/α-hetero) is 1. The average molecular weight is 471 g/mol. The molecule has 2 aromatic heterocycles. The second-order valence-electron chi connectivity index (χ2n) is 8.71. The van der Waals surface area contributed by atoms with Crippen molar-refractivity contribution >= 4 is 23.7 Å². The van der Waals surface area contributed by atoms with Gasteiger partial charge in [0.05, 0.1) is 0 Å². The fourth-order valence-electron chi connectivity index (χ4n) is 3.25. The number of amides is 1. The molecule has 2 heterocycles. The summed E-state index contributed by atoms with van der Waals surface area (Å²) in [4.78, 5) is 46.2. The molecule has 0 atom stereocenters. The number of hydrogen-bond acceptors (Lipinski definition) is 8. The van der Waals surface area contributed by atoms with Crippen molar-refractivity contribution < 1.29 is 32.3 Å². The summed E-state index contributed by atoms with van der Waals surface area (Å²) in [5.74, 6) is -0.717. The molecule has 0 aliphatic heterocycles. The summed E-state index contributed by atoms with van der Waals surface area (Å²) in [6.07, 6.45) is 3.78. The summed E-state index contributed by atoms with van der Waals surface area (Å²) in [5.41, 5.74) is -0.624. The predicted molar refractivity (Wildman–Crippen MR) is 120 cm³/mol. The molecule has 0 fully saturated rings. The molecule has 0 N–H and O–H groups in total. The molecule has 34 heavy (non-hydrogen) atoms. The highest BCUT2D eigenvalue weighted by atomic mass is 19.1. The first-order valence-corrected chi connectivity index (χ1v) is 10.8. The minimum Gasteiger partial charge on any atom is -0.447 e. The first-order valence-electron chi connectivity index (χ1n) is 10.8. The van der Waals surface area contributed by atoms with Crippen molar-refractivity contribution in [1.29, 1.82) is 0 Å². The van der Waals surface area contributed by atoms with Gasteiger partial charge in [0.1, 0.15) is 17.9 Å². The number of carbonyl (C=O) groups excluding carboxylic acids is 3. The quantitative estimate of drug-likeness (QED) is 0.245. The number of rotatable bonds is 8. The van der Waals surface area contributed by atoms with E-state index in [2.05, 4.69) is 9.97 Å². The molecule has 0 aliphatic carbocycles. The van der Waals surface area contributed by atoms with Gasteiger partial charge in [0.15, 0.2) is 29.6 Å². The van der Waals surface area contributed by atoms with Crippen LogP contribution >= 0.6 is 0 Å². The van der Waals surface area contributed by atoms with Crippen molar-refractivity contribution in [3.8, 4) is 11.3 Å². The van der Waals surface area contributed by atoms with E-state index in [9.17, 15) is 18.8 Å². The molecule has 0 spiro atoms. The molecule has 180 valence electrons. The van der Waals surface area contributed by atoms with E-state index in [0.717, 1.165) is 6.39 Å². The van der Waals surface area contributed by atoms with Gasteiger partial charge in [-0.2, -0.15) is 4.98 Å². The first kappa shape index (κ1) is 24.8. The van der Waals surface area contributed by atoms with Gasteiger partial charge in [-0.15, -0.1) is 0 Å². The highest BCUT2D eigenvalue weighted by Gasteiger charge is 2.34. The molecule has 10 heteroatoms. The minimum absolute atomic E-state index is 0.0504. The Labute approximate surface area is 195 Å². The van der Waals surface area contributed by atoms with Gasteiger partial charge < -0.3 is 18.4 Å². The maximum atomic E-state index is 13.2. The highest BCUT2D eigenvalue weighted by Crippen LogP contribution is 2.27. The van der Waals surface area contributed by atoms with E-state index < -0.39 is 23.4 Å². The third kappa shape index (κ3) is 6.15. The van der Waals surface area contributed by atoms with Crippen LogP contribution in [0, 0.1) is 5.82 Å². The number of unbranched alkanes of at least 4 members (excludes halogenated alkanes) is 1. The summed E-state index contributed by atoms with van der Waals surface area (Å²) in [6, 6.07) is 5.26. The zero-order valence-electron chi connectivity index (χ0n) is 19.5. The van der Waals surface area contributed by atoms with E-state index in [1.54, 1.807) is 27.7 Å². The van der Waals surface area contributed by atoms with Crippen LogP contribution in [0.15, 0.2) is 45.8 Å². The van der Waals surface area contributed by atoms with Gasteiger partial charge in [0, 0.05) is 23.9 Å². The van der Waals surface area contributed by atoms with Gasteiger partial charge in [0.25, 0.3) is 0 Å². The Bertz CT molecular complexity index is 1160. The van der Waals surface area contributed by atoms with Crippen LogP contribution in [0.1, 0.15) is 63.3 Å². The molecular weight excluding hydrogens is 445 g/mol. The molecule has 0 radical (unpaired) electrons. The van der Waals surface area contributed by atoms with E-state index in [-0.39, 0.29) is 23.1 Å². The Morgan fingerprint density at radius 2 is 1.79 bits per heavy atom. The number of carbonyl (C=O) groups is 3. The first-order chi connectivity index (χ1) is 16.1.